The minimum atomic E-state index is -0.373. The molecule has 0 saturated carbocycles. The lowest BCUT2D eigenvalue weighted by Crippen LogP contribution is -2.39. The predicted octanol–water partition coefficient (Wildman–Crippen LogP) is 2.38. The number of rotatable bonds is 4. The first-order chi connectivity index (χ1) is 7.68. The maximum atomic E-state index is 5.89. The van der Waals surface area contributed by atoms with Crippen molar-refractivity contribution in [1.82, 2.24) is 14.6 Å². The third-order valence-corrected chi connectivity index (χ3v) is 3.51. The summed E-state index contributed by atoms with van der Waals surface area (Å²) in [5.74, 6) is 1.56. The largest absolute Gasteiger partial charge is 0.361 e. The van der Waals surface area contributed by atoms with E-state index in [1.165, 1.54) is 0 Å². The number of nitrogens with zero attached hydrogens (tertiary/aromatic N) is 3. The monoisotopic (exact) mass is 258 g/mol. The summed E-state index contributed by atoms with van der Waals surface area (Å²) < 4.78 is 1.75. The number of hydrogen-bond acceptors (Lipinski definition) is 3. The van der Waals surface area contributed by atoms with E-state index in [2.05, 4.69) is 15.4 Å². The summed E-state index contributed by atoms with van der Waals surface area (Å²) in [5.41, 5.74) is 0.534. The number of aromatic nitrogens is 3. The van der Waals surface area contributed by atoms with Crippen LogP contribution in [0.1, 0.15) is 6.92 Å². The van der Waals surface area contributed by atoms with Crippen LogP contribution in [0.4, 0.5) is 5.82 Å². The normalized spacial score (nSPS) is 11.9. The maximum absolute atomic E-state index is 5.89. The Bertz CT molecular complexity index is 478. The average Bonchev–Trinajstić information content (AvgIpc) is 2.78. The van der Waals surface area contributed by atoms with Crippen LogP contribution in [0.15, 0.2) is 24.7 Å². The molecule has 0 amide bonds. The van der Waals surface area contributed by atoms with Crippen LogP contribution in [0, 0.1) is 0 Å². The Hall–Kier alpha value is -1.00. The summed E-state index contributed by atoms with van der Waals surface area (Å²) in [5, 5.41) is 7.38. The zero-order valence-electron chi connectivity index (χ0n) is 8.82. The minimum Gasteiger partial charge on any atom is -0.361 e. The second kappa shape index (κ2) is 4.47. The highest BCUT2D eigenvalue weighted by Crippen LogP contribution is 2.20. The van der Waals surface area contributed by atoms with E-state index >= 15 is 0 Å². The van der Waals surface area contributed by atoms with E-state index in [0.717, 1.165) is 11.3 Å². The number of alkyl halides is 2. The Kier molecular flexibility index (Phi) is 3.21. The summed E-state index contributed by atoms with van der Waals surface area (Å²) in [4.78, 5) is 4.27. The molecule has 4 nitrogen and oxygen atoms in total. The molecule has 0 aliphatic heterocycles. The highest BCUT2D eigenvalue weighted by Gasteiger charge is 2.23. The van der Waals surface area contributed by atoms with Gasteiger partial charge in [0.15, 0.2) is 5.82 Å². The topological polar surface area (TPSA) is 42.2 Å². The molecule has 2 rings (SSSR count). The Morgan fingerprint density at radius 1 is 1.38 bits per heavy atom. The van der Waals surface area contributed by atoms with Crippen LogP contribution in [-0.2, 0) is 0 Å². The lowest BCUT2D eigenvalue weighted by molar-refractivity contribution is 0.645. The Balaban J connectivity index is 2.37. The fraction of sp³-hybridized carbons (Fsp3) is 0.400. The lowest BCUT2D eigenvalue weighted by Gasteiger charge is -2.26. The van der Waals surface area contributed by atoms with Gasteiger partial charge in [0.25, 0.3) is 0 Å². The van der Waals surface area contributed by atoms with Gasteiger partial charge in [0.1, 0.15) is 5.52 Å². The van der Waals surface area contributed by atoms with Crippen molar-refractivity contribution in [2.45, 2.75) is 12.5 Å². The standard InChI is InChI=1S/C10H12Cl2N4/c1-10(6-11,7-12)15-9-8-2-3-14-16(8)5-4-13-9/h2-5H,6-7H2,1H3,(H,13,15). The van der Waals surface area contributed by atoms with Gasteiger partial charge < -0.3 is 5.32 Å². The average molecular weight is 259 g/mol. The van der Waals surface area contributed by atoms with Crippen LogP contribution in [-0.4, -0.2) is 31.9 Å². The van der Waals surface area contributed by atoms with Gasteiger partial charge in [-0.1, -0.05) is 0 Å². The van der Waals surface area contributed by atoms with Crippen molar-refractivity contribution >= 4 is 34.5 Å². The van der Waals surface area contributed by atoms with Crippen LogP contribution in [0.25, 0.3) is 5.52 Å². The molecule has 16 heavy (non-hydrogen) atoms. The van der Waals surface area contributed by atoms with Crippen molar-refractivity contribution < 1.29 is 0 Å². The van der Waals surface area contributed by atoms with E-state index in [0.29, 0.717) is 11.8 Å². The summed E-state index contributed by atoms with van der Waals surface area (Å²) in [6, 6.07) is 1.89. The molecule has 2 aromatic heterocycles. The number of hydrogen-bond donors (Lipinski definition) is 1. The van der Waals surface area contributed by atoms with E-state index < -0.39 is 0 Å². The summed E-state index contributed by atoms with van der Waals surface area (Å²) >= 11 is 11.8. The number of anilines is 1. The van der Waals surface area contributed by atoms with Gasteiger partial charge in [-0.25, -0.2) is 9.50 Å². The molecular formula is C10H12Cl2N4. The van der Waals surface area contributed by atoms with Crippen LogP contribution in [0.3, 0.4) is 0 Å². The third kappa shape index (κ3) is 2.08. The van der Waals surface area contributed by atoms with E-state index in [1.807, 2.05) is 13.0 Å². The number of nitrogens with one attached hydrogen (secondary N) is 1. The van der Waals surface area contributed by atoms with E-state index in [-0.39, 0.29) is 5.54 Å². The van der Waals surface area contributed by atoms with E-state index in [9.17, 15) is 0 Å². The fourth-order valence-electron chi connectivity index (χ4n) is 1.34. The Morgan fingerprint density at radius 2 is 2.12 bits per heavy atom. The molecule has 0 radical (unpaired) electrons. The fourth-order valence-corrected chi connectivity index (χ4v) is 1.76. The van der Waals surface area contributed by atoms with Crippen LogP contribution in [0.5, 0.6) is 0 Å². The summed E-state index contributed by atoms with van der Waals surface area (Å²) in [6.07, 6.45) is 5.20. The molecule has 0 aliphatic rings. The van der Waals surface area contributed by atoms with Crippen LogP contribution in [0.2, 0.25) is 0 Å². The van der Waals surface area contributed by atoms with E-state index in [4.69, 9.17) is 23.2 Å². The van der Waals surface area contributed by atoms with E-state index in [1.54, 1.807) is 23.1 Å². The predicted molar refractivity (Wildman–Crippen MR) is 66.5 cm³/mol. The van der Waals surface area contributed by atoms with Gasteiger partial charge in [0.2, 0.25) is 0 Å². The van der Waals surface area contributed by atoms with Gasteiger partial charge >= 0.3 is 0 Å². The quantitative estimate of drug-likeness (QED) is 0.857. The molecule has 0 spiro atoms. The van der Waals surface area contributed by atoms with Gasteiger partial charge in [-0.15, -0.1) is 23.2 Å². The molecule has 2 aromatic rings. The maximum Gasteiger partial charge on any atom is 0.152 e. The van der Waals surface area contributed by atoms with Gasteiger partial charge in [0, 0.05) is 24.2 Å². The molecule has 0 unspecified atom stereocenters. The number of halogens is 2. The van der Waals surface area contributed by atoms with Crippen LogP contribution < -0.4 is 5.32 Å². The minimum absolute atomic E-state index is 0.373. The molecule has 0 fully saturated rings. The molecule has 86 valence electrons. The molecule has 0 saturated heterocycles. The molecule has 1 N–H and O–H groups in total. The molecule has 0 atom stereocenters. The van der Waals surface area contributed by atoms with Crippen molar-refractivity contribution in [1.29, 1.82) is 0 Å². The van der Waals surface area contributed by atoms with Crippen molar-refractivity contribution in [3.63, 3.8) is 0 Å². The lowest BCUT2D eigenvalue weighted by atomic mass is 10.1. The van der Waals surface area contributed by atoms with Gasteiger partial charge in [-0.3, -0.25) is 0 Å². The van der Waals surface area contributed by atoms with Crippen LogP contribution >= 0.6 is 23.2 Å². The highest BCUT2D eigenvalue weighted by molar-refractivity contribution is 6.22. The molecule has 0 bridgehead atoms. The Labute approximate surface area is 104 Å². The summed E-state index contributed by atoms with van der Waals surface area (Å²) in [6.45, 7) is 1.95. The molecule has 6 heteroatoms. The molecule has 0 aliphatic carbocycles. The van der Waals surface area contributed by atoms with Crippen molar-refractivity contribution in [3.05, 3.63) is 24.7 Å². The van der Waals surface area contributed by atoms with Crippen molar-refractivity contribution in [2.24, 2.45) is 0 Å². The first-order valence-corrected chi connectivity index (χ1v) is 5.94. The molecule has 2 heterocycles. The Morgan fingerprint density at radius 3 is 2.81 bits per heavy atom. The van der Waals surface area contributed by atoms with Gasteiger partial charge in [-0.2, -0.15) is 5.10 Å². The molecule has 0 aromatic carbocycles. The van der Waals surface area contributed by atoms with Crippen molar-refractivity contribution in [2.75, 3.05) is 17.1 Å². The zero-order valence-corrected chi connectivity index (χ0v) is 10.3. The zero-order chi connectivity index (χ0) is 11.6. The number of fused-ring (bicyclic) bond motifs is 1. The first kappa shape index (κ1) is 11.5. The highest BCUT2D eigenvalue weighted by atomic mass is 35.5. The first-order valence-electron chi connectivity index (χ1n) is 4.87. The second-order valence-electron chi connectivity index (χ2n) is 3.89. The second-order valence-corrected chi connectivity index (χ2v) is 4.42. The van der Waals surface area contributed by atoms with Gasteiger partial charge in [-0.05, 0) is 13.0 Å². The molecular weight excluding hydrogens is 247 g/mol. The third-order valence-electron chi connectivity index (χ3n) is 2.33. The SMILES string of the molecule is CC(CCl)(CCl)Nc1nccn2nccc12. The van der Waals surface area contributed by atoms with Gasteiger partial charge in [0.05, 0.1) is 11.7 Å². The summed E-state index contributed by atoms with van der Waals surface area (Å²) in [7, 11) is 0. The van der Waals surface area contributed by atoms with Crippen molar-refractivity contribution in [3.8, 4) is 0 Å². The smallest absolute Gasteiger partial charge is 0.152 e.